The van der Waals surface area contributed by atoms with Crippen molar-refractivity contribution < 1.29 is 19.7 Å². The number of hydrogen-bond donors (Lipinski definition) is 2. The molecule has 0 spiro atoms. The average Bonchev–Trinajstić information content (AvgIpc) is 2.74. The predicted octanol–water partition coefficient (Wildman–Crippen LogP) is 3.57. The molecule has 1 aliphatic rings. The maximum Gasteiger partial charge on any atom is 0.297 e. The van der Waals surface area contributed by atoms with Gasteiger partial charge in [-0.15, -0.1) is 0 Å². The van der Waals surface area contributed by atoms with Crippen LogP contribution in [-0.4, -0.2) is 58.3 Å². The van der Waals surface area contributed by atoms with Gasteiger partial charge in [0.25, 0.3) is 5.97 Å². The number of nitrogens with zero attached hydrogens (tertiary/aromatic N) is 2. The molecule has 0 saturated carbocycles. The van der Waals surface area contributed by atoms with Gasteiger partial charge in [-0.05, 0) is 35.4 Å². The number of carbonyl (C=O) groups excluding carboxylic acids is 1. The van der Waals surface area contributed by atoms with Gasteiger partial charge in [0, 0.05) is 38.8 Å². The van der Waals surface area contributed by atoms with E-state index in [9.17, 15) is 15.0 Å². The van der Waals surface area contributed by atoms with Crippen LogP contribution in [0.4, 0.5) is 11.4 Å². The minimum Gasteiger partial charge on any atom is -0.506 e. The number of ether oxygens (including phenoxy) is 1. The molecule has 0 heterocycles. The van der Waals surface area contributed by atoms with Crippen molar-refractivity contribution in [3.8, 4) is 0 Å². The number of anilines is 2. The zero-order valence-corrected chi connectivity index (χ0v) is 17.4. The van der Waals surface area contributed by atoms with Crippen LogP contribution < -0.4 is 9.80 Å². The van der Waals surface area contributed by atoms with Gasteiger partial charge in [-0.2, -0.15) is 0 Å². The summed E-state index contributed by atoms with van der Waals surface area (Å²) in [5.74, 6) is -0.264. The zero-order valence-electron chi connectivity index (χ0n) is 17.4. The minimum absolute atomic E-state index is 0.0832. The van der Waals surface area contributed by atoms with Gasteiger partial charge in [-0.25, -0.2) is 0 Å². The van der Waals surface area contributed by atoms with Gasteiger partial charge in [-0.1, -0.05) is 24.3 Å². The maximum atomic E-state index is 11.1. The van der Waals surface area contributed by atoms with Gasteiger partial charge in [-0.3, -0.25) is 4.79 Å². The summed E-state index contributed by atoms with van der Waals surface area (Å²) >= 11 is 0. The van der Waals surface area contributed by atoms with E-state index in [0.717, 1.165) is 22.5 Å². The lowest BCUT2D eigenvalue weighted by atomic mass is 9.84. The Bertz CT molecular complexity index is 979. The number of carbonyl (C=O) groups is 1. The fourth-order valence-corrected chi connectivity index (χ4v) is 3.25. The Balaban J connectivity index is 1.69. The van der Waals surface area contributed by atoms with Gasteiger partial charge in [0.15, 0.2) is 0 Å². The summed E-state index contributed by atoms with van der Waals surface area (Å²) in [5.41, 5.74) is 4.35. The Morgan fingerprint density at radius 2 is 1.33 bits per heavy atom. The Labute approximate surface area is 178 Å². The molecule has 154 valence electrons. The van der Waals surface area contributed by atoms with Crippen LogP contribution in [0.3, 0.4) is 0 Å². The number of aliphatic hydroxyl groups is 2. The predicted molar refractivity (Wildman–Crippen MR) is 121 cm³/mol. The van der Waals surface area contributed by atoms with E-state index in [1.165, 1.54) is 0 Å². The van der Waals surface area contributed by atoms with Crippen molar-refractivity contribution in [2.45, 2.75) is 6.32 Å². The first-order valence-electron chi connectivity index (χ1n) is 9.65. The van der Waals surface area contributed by atoms with Crippen molar-refractivity contribution in [2.75, 3.05) is 44.1 Å². The first-order valence-corrected chi connectivity index (χ1v) is 9.65. The fourth-order valence-electron chi connectivity index (χ4n) is 3.25. The molecule has 0 aliphatic heterocycles. The molecule has 0 saturated heterocycles. The van der Waals surface area contributed by atoms with Crippen LogP contribution in [0.1, 0.15) is 11.1 Å². The minimum atomic E-state index is -0.430. The SMILES string of the molecule is [B]CC(=O)OCCN(C)c1ccc(C2=C(O)C(c3ccc(N(C)C)cc3)=C2O)cc1. The average molecular weight is 404 g/mol. The molecule has 0 fully saturated rings. The molecule has 0 atom stereocenters. The summed E-state index contributed by atoms with van der Waals surface area (Å²) in [6.07, 6.45) is -0.129. The van der Waals surface area contributed by atoms with Gasteiger partial charge < -0.3 is 24.7 Å². The first-order chi connectivity index (χ1) is 14.3. The molecule has 0 amide bonds. The van der Waals surface area contributed by atoms with Gasteiger partial charge in [0.05, 0.1) is 25.5 Å². The van der Waals surface area contributed by atoms with E-state index in [-0.39, 0.29) is 24.4 Å². The highest BCUT2D eigenvalue weighted by atomic mass is 16.5. The standard InChI is InChI=1S/C23H25BN2O4/c1-25(2)17-8-4-15(5-9-17)20-22(28)21(23(20)29)16-6-10-18(11-7-16)26(3)12-13-30-19(27)14-24/h4-11,28-29H,12-14H2,1-3H3. The van der Waals surface area contributed by atoms with Crippen LogP contribution >= 0.6 is 0 Å². The maximum absolute atomic E-state index is 11.1. The smallest absolute Gasteiger partial charge is 0.297 e. The Kier molecular flexibility index (Phi) is 6.40. The van der Waals surface area contributed by atoms with Crippen LogP contribution in [0.2, 0.25) is 6.32 Å². The summed E-state index contributed by atoms with van der Waals surface area (Å²) in [5, 5.41) is 21.2. The molecule has 2 radical (unpaired) electrons. The van der Waals surface area contributed by atoms with E-state index in [2.05, 4.69) is 0 Å². The second-order valence-corrected chi connectivity index (χ2v) is 7.28. The monoisotopic (exact) mass is 404 g/mol. The second-order valence-electron chi connectivity index (χ2n) is 7.28. The van der Waals surface area contributed by atoms with Gasteiger partial charge in [0.1, 0.15) is 18.1 Å². The van der Waals surface area contributed by atoms with E-state index in [1.807, 2.05) is 79.5 Å². The van der Waals surface area contributed by atoms with Gasteiger partial charge in [0.2, 0.25) is 0 Å². The van der Waals surface area contributed by atoms with Crippen molar-refractivity contribution in [2.24, 2.45) is 0 Å². The van der Waals surface area contributed by atoms with Crippen molar-refractivity contribution >= 4 is 36.3 Å². The fraction of sp³-hybridized carbons (Fsp3) is 0.261. The third-order valence-electron chi connectivity index (χ3n) is 5.07. The molecule has 2 aromatic carbocycles. The molecule has 2 N–H and O–H groups in total. The lowest BCUT2D eigenvalue weighted by Gasteiger charge is -2.25. The summed E-state index contributed by atoms with van der Waals surface area (Å²) in [7, 11) is 11.0. The van der Waals surface area contributed by atoms with Crippen LogP contribution in [0.25, 0.3) is 11.1 Å². The molecule has 1 aliphatic carbocycles. The summed E-state index contributed by atoms with van der Waals surface area (Å²) in [6, 6.07) is 15.1. The highest BCUT2D eigenvalue weighted by Crippen LogP contribution is 2.44. The highest BCUT2D eigenvalue weighted by Gasteiger charge is 2.31. The van der Waals surface area contributed by atoms with Crippen molar-refractivity contribution in [3.63, 3.8) is 0 Å². The summed E-state index contributed by atoms with van der Waals surface area (Å²) < 4.78 is 4.99. The van der Waals surface area contributed by atoms with Crippen LogP contribution in [-0.2, 0) is 9.53 Å². The number of aliphatic hydroxyl groups excluding tert-OH is 2. The number of allylic oxidation sites excluding steroid dienone is 2. The Morgan fingerprint density at radius 1 is 0.867 bits per heavy atom. The highest BCUT2D eigenvalue weighted by molar-refractivity contribution is 6.18. The molecule has 0 unspecified atom stereocenters. The second kappa shape index (κ2) is 8.99. The molecular formula is C23H25BN2O4. The largest absolute Gasteiger partial charge is 0.506 e. The zero-order chi connectivity index (χ0) is 21.8. The summed E-state index contributed by atoms with van der Waals surface area (Å²) in [4.78, 5) is 15.0. The Morgan fingerprint density at radius 3 is 1.77 bits per heavy atom. The lowest BCUT2D eigenvalue weighted by Crippen LogP contribution is -2.23. The molecule has 0 bridgehead atoms. The number of likely N-dealkylation sites (N-methyl/N-ethyl adjacent to an activating group) is 1. The number of hydrogen-bond acceptors (Lipinski definition) is 6. The van der Waals surface area contributed by atoms with E-state index in [0.29, 0.717) is 17.7 Å². The first kappa shape index (κ1) is 21.4. The molecule has 0 aromatic heterocycles. The van der Waals surface area contributed by atoms with Crippen LogP contribution in [0.15, 0.2) is 60.0 Å². The molecule has 2 aromatic rings. The van der Waals surface area contributed by atoms with Crippen LogP contribution in [0, 0.1) is 0 Å². The number of rotatable bonds is 8. The van der Waals surface area contributed by atoms with Crippen molar-refractivity contribution in [1.82, 2.24) is 0 Å². The van der Waals surface area contributed by atoms with E-state index >= 15 is 0 Å². The van der Waals surface area contributed by atoms with E-state index < -0.39 is 5.97 Å². The molecular weight excluding hydrogens is 379 g/mol. The van der Waals surface area contributed by atoms with Gasteiger partial charge >= 0.3 is 0 Å². The van der Waals surface area contributed by atoms with Crippen molar-refractivity contribution in [1.29, 1.82) is 0 Å². The number of esters is 1. The molecule has 3 rings (SSSR count). The summed E-state index contributed by atoms with van der Waals surface area (Å²) in [6.45, 7) is 0.775. The topological polar surface area (TPSA) is 73.2 Å². The third kappa shape index (κ3) is 4.30. The van der Waals surface area contributed by atoms with Crippen molar-refractivity contribution in [3.05, 3.63) is 71.2 Å². The molecule has 7 heteroatoms. The third-order valence-corrected chi connectivity index (χ3v) is 5.07. The quantitative estimate of drug-likeness (QED) is 0.518. The molecule has 6 nitrogen and oxygen atoms in total. The van der Waals surface area contributed by atoms with E-state index in [1.54, 1.807) is 0 Å². The lowest BCUT2D eigenvalue weighted by molar-refractivity contribution is -0.140. The molecule has 30 heavy (non-hydrogen) atoms. The van der Waals surface area contributed by atoms with E-state index in [4.69, 9.17) is 12.6 Å². The normalized spacial score (nSPS) is 13.2. The number of benzene rings is 2. The Hall–Kier alpha value is -3.35. The van der Waals surface area contributed by atoms with Crippen LogP contribution in [0.5, 0.6) is 0 Å².